The molecule has 0 atom stereocenters. The molecule has 158 valence electrons. The SMILES string of the molecule is CCCCCOc1ccc(/C=N\n2c(CCc3ccccc3)n[nH]c2=S)cc1OC. The van der Waals surface area contributed by atoms with Crippen LogP contribution in [0.25, 0.3) is 0 Å². The number of nitrogens with zero attached hydrogens (tertiary/aromatic N) is 3. The van der Waals surface area contributed by atoms with Crippen LogP contribution in [0.3, 0.4) is 0 Å². The Morgan fingerprint density at radius 1 is 1.10 bits per heavy atom. The van der Waals surface area contributed by atoms with E-state index in [4.69, 9.17) is 21.7 Å². The fourth-order valence-corrected chi connectivity index (χ4v) is 3.25. The first-order valence-electron chi connectivity index (χ1n) is 10.3. The number of aromatic amines is 1. The van der Waals surface area contributed by atoms with Crippen LogP contribution in [-0.4, -0.2) is 34.8 Å². The molecule has 6 nitrogen and oxygen atoms in total. The van der Waals surface area contributed by atoms with Gasteiger partial charge in [0.1, 0.15) is 0 Å². The number of aromatic nitrogens is 3. The Labute approximate surface area is 182 Å². The molecule has 0 saturated carbocycles. The maximum absolute atomic E-state index is 5.84. The Morgan fingerprint density at radius 2 is 1.93 bits per heavy atom. The number of ether oxygens (including phenoxy) is 2. The summed E-state index contributed by atoms with van der Waals surface area (Å²) < 4.78 is 13.5. The summed E-state index contributed by atoms with van der Waals surface area (Å²) in [4.78, 5) is 0. The van der Waals surface area contributed by atoms with Crippen LogP contribution in [0.2, 0.25) is 0 Å². The summed E-state index contributed by atoms with van der Waals surface area (Å²) in [6.45, 7) is 2.86. The Hall–Kier alpha value is -2.93. The monoisotopic (exact) mass is 424 g/mol. The molecular weight excluding hydrogens is 396 g/mol. The highest BCUT2D eigenvalue weighted by Gasteiger charge is 2.07. The van der Waals surface area contributed by atoms with Gasteiger partial charge in [-0.15, -0.1) is 0 Å². The highest BCUT2D eigenvalue weighted by Crippen LogP contribution is 2.27. The van der Waals surface area contributed by atoms with Crippen molar-refractivity contribution >= 4 is 18.4 Å². The van der Waals surface area contributed by atoms with Crippen molar-refractivity contribution in [3.63, 3.8) is 0 Å². The van der Waals surface area contributed by atoms with E-state index >= 15 is 0 Å². The summed E-state index contributed by atoms with van der Waals surface area (Å²) in [5.41, 5.74) is 2.14. The number of rotatable bonds is 11. The van der Waals surface area contributed by atoms with Crippen LogP contribution in [0.4, 0.5) is 0 Å². The maximum Gasteiger partial charge on any atom is 0.216 e. The van der Waals surface area contributed by atoms with Crippen molar-refractivity contribution in [2.45, 2.75) is 39.0 Å². The van der Waals surface area contributed by atoms with Crippen molar-refractivity contribution in [2.24, 2.45) is 5.10 Å². The molecule has 0 radical (unpaired) electrons. The van der Waals surface area contributed by atoms with E-state index in [1.54, 1.807) is 18.0 Å². The summed E-state index contributed by atoms with van der Waals surface area (Å²) in [5, 5.41) is 11.7. The zero-order valence-electron chi connectivity index (χ0n) is 17.5. The lowest BCUT2D eigenvalue weighted by Gasteiger charge is -2.11. The molecule has 0 bridgehead atoms. The molecule has 0 amide bonds. The van der Waals surface area contributed by atoms with Gasteiger partial charge >= 0.3 is 0 Å². The van der Waals surface area contributed by atoms with Gasteiger partial charge in [-0.25, -0.2) is 0 Å². The van der Waals surface area contributed by atoms with Crippen LogP contribution in [0.15, 0.2) is 53.6 Å². The number of unbranched alkanes of at least 4 members (excludes halogenated alkanes) is 2. The Bertz CT molecular complexity index is 1010. The number of H-pyrrole nitrogens is 1. The van der Waals surface area contributed by atoms with Crippen molar-refractivity contribution < 1.29 is 9.47 Å². The maximum atomic E-state index is 5.84. The van der Waals surface area contributed by atoms with E-state index in [2.05, 4.69) is 34.4 Å². The molecule has 0 aliphatic heterocycles. The molecule has 1 heterocycles. The molecule has 0 saturated heterocycles. The van der Waals surface area contributed by atoms with Gasteiger partial charge in [-0.3, -0.25) is 5.10 Å². The minimum atomic E-state index is 0.470. The lowest BCUT2D eigenvalue weighted by Crippen LogP contribution is -2.02. The van der Waals surface area contributed by atoms with Gasteiger partial charge < -0.3 is 9.47 Å². The first-order chi connectivity index (χ1) is 14.7. The van der Waals surface area contributed by atoms with Gasteiger partial charge in [0.05, 0.1) is 19.9 Å². The fraction of sp³-hybridized carbons (Fsp3) is 0.348. The van der Waals surface area contributed by atoms with Crippen molar-refractivity contribution in [2.75, 3.05) is 13.7 Å². The zero-order valence-corrected chi connectivity index (χ0v) is 18.3. The van der Waals surface area contributed by atoms with E-state index in [1.807, 2.05) is 36.4 Å². The molecule has 1 N–H and O–H groups in total. The molecule has 7 heteroatoms. The quantitative estimate of drug-likeness (QED) is 0.261. The molecule has 1 aromatic heterocycles. The number of nitrogens with one attached hydrogen (secondary N) is 1. The number of hydrogen-bond acceptors (Lipinski definition) is 5. The second-order valence-electron chi connectivity index (χ2n) is 6.95. The number of benzene rings is 2. The van der Waals surface area contributed by atoms with Gasteiger partial charge in [-0.2, -0.15) is 14.9 Å². The highest BCUT2D eigenvalue weighted by atomic mass is 32.1. The van der Waals surface area contributed by atoms with Crippen LogP contribution in [0.1, 0.15) is 43.1 Å². The van der Waals surface area contributed by atoms with Gasteiger partial charge in [-0.1, -0.05) is 50.1 Å². The van der Waals surface area contributed by atoms with Crippen molar-refractivity contribution in [1.82, 2.24) is 14.9 Å². The molecule has 0 unspecified atom stereocenters. The first kappa shape index (κ1) is 21.8. The van der Waals surface area contributed by atoms with E-state index in [9.17, 15) is 0 Å². The second-order valence-corrected chi connectivity index (χ2v) is 7.34. The normalized spacial score (nSPS) is 11.1. The predicted octanol–water partition coefficient (Wildman–Crippen LogP) is 5.19. The van der Waals surface area contributed by atoms with Gasteiger partial charge in [0.25, 0.3) is 0 Å². The van der Waals surface area contributed by atoms with Crippen molar-refractivity contribution in [1.29, 1.82) is 0 Å². The number of aryl methyl sites for hydroxylation is 2. The molecule has 3 rings (SSSR count). The summed E-state index contributed by atoms with van der Waals surface area (Å²) in [6.07, 6.45) is 6.72. The van der Waals surface area contributed by atoms with Gasteiger partial charge in [0, 0.05) is 6.42 Å². The predicted molar refractivity (Wildman–Crippen MR) is 122 cm³/mol. The molecular formula is C23H28N4O2S. The Kier molecular flexibility index (Phi) is 8.20. The van der Waals surface area contributed by atoms with E-state index in [-0.39, 0.29) is 0 Å². The second kappa shape index (κ2) is 11.3. The van der Waals surface area contributed by atoms with Crippen molar-refractivity contribution in [3.8, 4) is 11.5 Å². The van der Waals surface area contributed by atoms with Gasteiger partial charge in [0.2, 0.25) is 4.77 Å². The lowest BCUT2D eigenvalue weighted by atomic mass is 10.1. The molecule has 0 aliphatic rings. The smallest absolute Gasteiger partial charge is 0.216 e. The first-order valence-corrected chi connectivity index (χ1v) is 10.7. The topological polar surface area (TPSA) is 64.4 Å². The third kappa shape index (κ3) is 6.03. The van der Waals surface area contributed by atoms with E-state index in [1.165, 1.54) is 12.0 Å². The lowest BCUT2D eigenvalue weighted by molar-refractivity contribution is 0.286. The summed E-state index contributed by atoms with van der Waals surface area (Å²) >= 11 is 5.34. The number of methoxy groups -OCH3 is 1. The number of hydrogen-bond donors (Lipinski definition) is 1. The third-order valence-corrected chi connectivity index (χ3v) is 4.98. The summed E-state index contributed by atoms with van der Waals surface area (Å²) in [5.74, 6) is 2.23. The molecule has 2 aromatic carbocycles. The zero-order chi connectivity index (χ0) is 21.2. The van der Waals surface area contributed by atoms with Crippen LogP contribution < -0.4 is 9.47 Å². The van der Waals surface area contributed by atoms with E-state index < -0.39 is 0 Å². The largest absolute Gasteiger partial charge is 0.493 e. The molecule has 0 aliphatic carbocycles. The molecule has 0 spiro atoms. The van der Waals surface area contributed by atoms with E-state index in [0.717, 1.165) is 42.8 Å². The van der Waals surface area contributed by atoms with E-state index in [0.29, 0.717) is 17.1 Å². The summed E-state index contributed by atoms with van der Waals surface area (Å²) in [6, 6.07) is 16.1. The molecule has 3 aromatic rings. The molecule has 30 heavy (non-hydrogen) atoms. The Balaban J connectivity index is 1.69. The highest BCUT2D eigenvalue weighted by molar-refractivity contribution is 7.71. The third-order valence-electron chi connectivity index (χ3n) is 4.71. The Morgan fingerprint density at radius 3 is 2.70 bits per heavy atom. The minimum Gasteiger partial charge on any atom is -0.493 e. The fourth-order valence-electron chi connectivity index (χ4n) is 3.05. The summed E-state index contributed by atoms with van der Waals surface area (Å²) in [7, 11) is 1.64. The van der Waals surface area contributed by atoms with Crippen LogP contribution in [0.5, 0.6) is 11.5 Å². The van der Waals surface area contributed by atoms with Gasteiger partial charge in [-0.05, 0) is 54.4 Å². The van der Waals surface area contributed by atoms with Crippen LogP contribution >= 0.6 is 12.2 Å². The standard InChI is InChI=1S/C23H28N4O2S/c1-3-4-8-15-29-20-13-11-19(16-21(20)28-2)17-24-27-22(25-26-23(27)30)14-12-18-9-6-5-7-10-18/h5-7,9-11,13,16-17H,3-4,8,12,14-15H2,1-2H3,(H,26,30)/b24-17-. The average molecular weight is 425 g/mol. The van der Waals surface area contributed by atoms with Crippen LogP contribution in [-0.2, 0) is 12.8 Å². The van der Waals surface area contributed by atoms with Crippen molar-refractivity contribution in [3.05, 3.63) is 70.3 Å². The van der Waals surface area contributed by atoms with Gasteiger partial charge in [0.15, 0.2) is 17.3 Å². The average Bonchev–Trinajstić information content (AvgIpc) is 3.14. The van der Waals surface area contributed by atoms with Crippen LogP contribution in [0, 0.1) is 4.77 Å². The minimum absolute atomic E-state index is 0.470. The molecule has 0 fully saturated rings.